The summed E-state index contributed by atoms with van der Waals surface area (Å²) >= 11 is 0. The van der Waals surface area contributed by atoms with Gasteiger partial charge in [-0.15, -0.1) is 4.91 Å². The van der Waals surface area contributed by atoms with Gasteiger partial charge in [0.15, 0.2) is 6.29 Å². The first-order valence-electron chi connectivity index (χ1n) is 2.58. The number of likely N-dealkylation sites (N-methyl/N-ethyl adjacent to an activating group) is 1. The van der Waals surface area contributed by atoms with Crippen molar-refractivity contribution in [1.82, 2.24) is 5.01 Å². The predicted octanol–water partition coefficient (Wildman–Crippen LogP) is -0.0237. The molecule has 0 aliphatic carbocycles. The normalized spacial score (nSPS) is 10.7. The van der Waals surface area contributed by atoms with Crippen LogP contribution in [0.4, 0.5) is 0 Å². The van der Waals surface area contributed by atoms with Crippen molar-refractivity contribution in [3.05, 3.63) is 4.91 Å². The molecule has 6 heteroatoms. The van der Waals surface area contributed by atoms with Crippen molar-refractivity contribution in [3.8, 4) is 0 Å². The highest BCUT2D eigenvalue weighted by atomic mass is 16.4. The molecular weight excluding hydrogens is 138 g/mol. The summed E-state index contributed by atoms with van der Waals surface area (Å²) in [7, 11) is 0. The minimum absolute atomic E-state index is 0.196. The van der Waals surface area contributed by atoms with Crippen LogP contribution in [-0.4, -0.2) is 28.9 Å². The first kappa shape index (κ1) is 8.54. The second-order valence-electron chi connectivity index (χ2n) is 1.37. The van der Waals surface area contributed by atoms with Crippen LogP contribution in [-0.2, 0) is 4.79 Å². The van der Waals surface area contributed by atoms with Gasteiger partial charge in [-0.2, -0.15) is 0 Å². The van der Waals surface area contributed by atoms with E-state index in [2.05, 4.69) is 10.4 Å². The van der Waals surface area contributed by atoms with Crippen LogP contribution in [0.25, 0.3) is 0 Å². The summed E-state index contributed by atoms with van der Waals surface area (Å²) in [6.07, 6.45) is 0.241. The first-order valence-corrected chi connectivity index (χ1v) is 2.58. The Morgan fingerprint density at radius 3 is 2.50 bits per heavy atom. The lowest BCUT2D eigenvalue weighted by atomic mass is 10.6. The van der Waals surface area contributed by atoms with Gasteiger partial charge in [0.1, 0.15) is 0 Å². The van der Waals surface area contributed by atoms with E-state index in [0.29, 0.717) is 0 Å². The van der Waals surface area contributed by atoms with Crippen LogP contribution < -0.4 is 0 Å². The predicted molar refractivity (Wildman–Crippen MR) is 33.5 cm³/mol. The van der Waals surface area contributed by atoms with Crippen LogP contribution >= 0.6 is 0 Å². The largest absolute Gasteiger partial charge is 0.409 e. The summed E-state index contributed by atoms with van der Waals surface area (Å²) in [6.45, 7) is 1.79. The molecule has 0 aliphatic heterocycles. The van der Waals surface area contributed by atoms with Crippen LogP contribution in [0.3, 0.4) is 0 Å². The molecule has 0 saturated carbocycles. The lowest BCUT2D eigenvalue weighted by Crippen LogP contribution is -2.25. The highest BCUT2D eigenvalue weighted by molar-refractivity contribution is 6.26. The fourth-order valence-corrected chi connectivity index (χ4v) is 0.398. The minimum atomic E-state index is -0.391. The number of carbonyl (C=O) groups excluding carboxylic acids is 1. The number of hydrogen-bond donors (Lipinski definition) is 1. The van der Waals surface area contributed by atoms with Gasteiger partial charge in [-0.05, 0) is 6.92 Å². The van der Waals surface area contributed by atoms with E-state index in [9.17, 15) is 9.70 Å². The van der Waals surface area contributed by atoms with Gasteiger partial charge in [0.2, 0.25) is 5.84 Å². The third-order valence-electron chi connectivity index (χ3n) is 0.870. The van der Waals surface area contributed by atoms with Gasteiger partial charge >= 0.3 is 0 Å². The van der Waals surface area contributed by atoms with Crippen LogP contribution in [0.1, 0.15) is 6.92 Å². The Kier molecular flexibility index (Phi) is 3.78. The van der Waals surface area contributed by atoms with Crippen molar-refractivity contribution >= 4 is 12.1 Å². The van der Waals surface area contributed by atoms with Gasteiger partial charge in [-0.25, -0.2) is 5.01 Å². The van der Waals surface area contributed by atoms with Gasteiger partial charge < -0.3 is 5.21 Å². The number of nitrogens with zero attached hydrogens (tertiary/aromatic N) is 3. The Morgan fingerprint density at radius 1 is 1.80 bits per heavy atom. The number of aldehydes is 1. The maximum absolute atomic E-state index is 9.96. The Labute approximate surface area is 57.1 Å². The third-order valence-corrected chi connectivity index (χ3v) is 0.870. The molecule has 0 saturated heterocycles. The molecule has 10 heavy (non-hydrogen) atoms. The van der Waals surface area contributed by atoms with Gasteiger partial charge in [0.25, 0.3) is 0 Å². The van der Waals surface area contributed by atoms with Crippen LogP contribution in [0.15, 0.2) is 10.4 Å². The fourth-order valence-electron chi connectivity index (χ4n) is 0.398. The molecule has 0 atom stereocenters. The van der Waals surface area contributed by atoms with E-state index in [1.807, 2.05) is 0 Å². The zero-order chi connectivity index (χ0) is 7.98. The smallest absolute Gasteiger partial charge is 0.230 e. The van der Waals surface area contributed by atoms with Gasteiger partial charge in [0, 0.05) is 6.54 Å². The zero-order valence-electron chi connectivity index (χ0n) is 5.39. The van der Waals surface area contributed by atoms with Crippen molar-refractivity contribution in [2.45, 2.75) is 6.92 Å². The molecular formula is C4H7N3O3. The molecule has 0 aliphatic rings. The minimum Gasteiger partial charge on any atom is -0.409 e. The number of amidine groups is 1. The lowest BCUT2D eigenvalue weighted by Gasteiger charge is -2.06. The third kappa shape index (κ3) is 1.81. The molecule has 0 aromatic carbocycles. The second kappa shape index (κ2) is 4.42. The number of rotatable bonds is 3. The Balaban J connectivity index is 4.24. The van der Waals surface area contributed by atoms with Gasteiger partial charge in [0.05, 0.1) is 5.29 Å². The molecule has 0 fully saturated rings. The molecule has 6 nitrogen and oxygen atoms in total. The topological polar surface area (TPSA) is 82.3 Å². The van der Waals surface area contributed by atoms with Gasteiger partial charge in [-0.3, -0.25) is 4.79 Å². The zero-order valence-corrected chi connectivity index (χ0v) is 5.39. The summed E-state index contributed by atoms with van der Waals surface area (Å²) in [6, 6.07) is 0. The second-order valence-corrected chi connectivity index (χ2v) is 1.37. The summed E-state index contributed by atoms with van der Waals surface area (Å²) < 4.78 is 0. The molecule has 56 valence electrons. The molecule has 0 rings (SSSR count). The molecule has 0 amide bonds. The number of hydrogen-bond acceptors (Lipinski definition) is 5. The van der Waals surface area contributed by atoms with E-state index >= 15 is 0 Å². The first-order chi connectivity index (χ1) is 4.79. The van der Waals surface area contributed by atoms with Crippen molar-refractivity contribution in [2.24, 2.45) is 10.4 Å². The van der Waals surface area contributed by atoms with Crippen molar-refractivity contribution in [2.75, 3.05) is 6.54 Å². The van der Waals surface area contributed by atoms with Crippen molar-refractivity contribution < 1.29 is 10.0 Å². The van der Waals surface area contributed by atoms with E-state index in [-0.39, 0.29) is 12.8 Å². The molecule has 0 aromatic rings. The van der Waals surface area contributed by atoms with Crippen molar-refractivity contribution in [3.63, 3.8) is 0 Å². The summed E-state index contributed by atoms with van der Waals surface area (Å²) in [5.74, 6) is -0.391. The average molecular weight is 145 g/mol. The maximum atomic E-state index is 9.96. The van der Waals surface area contributed by atoms with Gasteiger partial charge in [-0.1, -0.05) is 5.16 Å². The number of nitroso groups, excluding NO2 is 1. The molecule has 0 spiro atoms. The molecule has 0 heterocycles. The maximum Gasteiger partial charge on any atom is 0.230 e. The van der Waals surface area contributed by atoms with E-state index < -0.39 is 5.84 Å². The van der Waals surface area contributed by atoms with E-state index in [0.717, 1.165) is 5.01 Å². The summed E-state index contributed by atoms with van der Waals surface area (Å²) in [4.78, 5) is 19.8. The van der Waals surface area contributed by atoms with Crippen LogP contribution in [0, 0.1) is 4.91 Å². The summed E-state index contributed by atoms with van der Waals surface area (Å²) in [5.41, 5.74) is 0. The van der Waals surface area contributed by atoms with E-state index in [4.69, 9.17) is 5.21 Å². The molecule has 0 unspecified atom stereocenters. The fraction of sp³-hybridized carbons (Fsp3) is 0.500. The quantitative estimate of drug-likeness (QED) is 0.151. The Hall–Kier alpha value is -1.46. The molecule has 0 aromatic heterocycles. The van der Waals surface area contributed by atoms with Crippen LogP contribution in [0.5, 0.6) is 0 Å². The Morgan fingerprint density at radius 2 is 2.40 bits per heavy atom. The molecule has 1 N–H and O–H groups in total. The highest BCUT2D eigenvalue weighted by Gasteiger charge is 2.07. The lowest BCUT2D eigenvalue weighted by molar-refractivity contribution is -0.103. The number of carbonyl (C=O) groups is 1. The average Bonchev–Trinajstić information content (AvgIpc) is 2.00. The monoisotopic (exact) mass is 145 g/mol. The van der Waals surface area contributed by atoms with Crippen LogP contribution in [0.2, 0.25) is 0 Å². The molecule has 0 bridgehead atoms. The summed E-state index contributed by atoms with van der Waals surface area (Å²) in [5, 5.41) is 13.7. The van der Waals surface area contributed by atoms with E-state index in [1.165, 1.54) is 0 Å². The Bertz CT molecular complexity index is 156. The standard InChI is InChI=1S/C4H7N3O3/c1-2-7(6-10)4(3-8)5-9/h3,9H,2H2,1H3/b5-4-. The van der Waals surface area contributed by atoms with Crippen molar-refractivity contribution in [1.29, 1.82) is 0 Å². The van der Waals surface area contributed by atoms with E-state index in [1.54, 1.807) is 6.92 Å². The highest BCUT2D eigenvalue weighted by Crippen LogP contribution is 1.88. The number of oxime groups is 1. The SMILES string of the molecule is CCN(N=O)/C(C=O)=N\O. The molecule has 0 radical (unpaired) electrons.